The van der Waals surface area contributed by atoms with Crippen LogP contribution < -0.4 is 5.73 Å². The Kier molecular flexibility index (Phi) is 3.03. The predicted octanol–water partition coefficient (Wildman–Crippen LogP) is 1.94. The first-order valence-corrected chi connectivity index (χ1v) is 5.53. The van der Waals surface area contributed by atoms with Gasteiger partial charge in [-0.15, -0.1) is 0 Å². The summed E-state index contributed by atoms with van der Waals surface area (Å²) in [5.41, 5.74) is 6.92. The van der Waals surface area contributed by atoms with Crippen LogP contribution in [-0.4, -0.2) is 14.1 Å². The van der Waals surface area contributed by atoms with Crippen molar-refractivity contribution in [3.63, 3.8) is 0 Å². The van der Waals surface area contributed by atoms with Gasteiger partial charge in [-0.3, -0.25) is 0 Å². The zero-order valence-electron chi connectivity index (χ0n) is 9.39. The van der Waals surface area contributed by atoms with Gasteiger partial charge in [-0.25, -0.2) is 4.98 Å². The van der Waals surface area contributed by atoms with Crippen molar-refractivity contribution >= 4 is 11.6 Å². The first-order chi connectivity index (χ1) is 7.58. The summed E-state index contributed by atoms with van der Waals surface area (Å²) in [4.78, 5) is 4.24. The van der Waals surface area contributed by atoms with E-state index in [1.54, 1.807) is 6.20 Å². The number of rotatable bonds is 3. The lowest BCUT2D eigenvalue weighted by Gasteiger charge is -2.04. The van der Waals surface area contributed by atoms with Crippen molar-refractivity contribution < 1.29 is 0 Å². The highest BCUT2D eigenvalue weighted by Crippen LogP contribution is 2.13. The van der Waals surface area contributed by atoms with E-state index in [2.05, 4.69) is 9.55 Å². The zero-order chi connectivity index (χ0) is 11.7. The third-order valence-corrected chi connectivity index (χ3v) is 3.00. The van der Waals surface area contributed by atoms with Crippen LogP contribution in [0.2, 0.25) is 5.15 Å². The average Bonchev–Trinajstić information content (AvgIpc) is 2.81. The monoisotopic (exact) mass is 238 g/mol. The van der Waals surface area contributed by atoms with Gasteiger partial charge >= 0.3 is 0 Å². The summed E-state index contributed by atoms with van der Waals surface area (Å²) in [5, 5.41) is 0.648. The Bertz CT molecular complexity index is 484. The van der Waals surface area contributed by atoms with E-state index in [1.807, 2.05) is 37.0 Å². The molecule has 2 N–H and O–H groups in total. The van der Waals surface area contributed by atoms with Crippen LogP contribution in [-0.2, 0) is 13.6 Å². The molecule has 0 aliphatic carbocycles. The number of nitrogens with two attached hydrogens (primary N) is 1. The van der Waals surface area contributed by atoms with Crippen LogP contribution in [0.25, 0.3) is 0 Å². The topological polar surface area (TPSA) is 48.8 Å². The maximum atomic E-state index is 5.92. The maximum absolute atomic E-state index is 5.92. The van der Waals surface area contributed by atoms with E-state index in [-0.39, 0.29) is 6.04 Å². The molecule has 0 amide bonds. The van der Waals surface area contributed by atoms with Crippen LogP contribution in [0.4, 0.5) is 0 Å². The number of nitrogens with zero attached hydrogens (tertiary/aromatic N) is 3. The van der Waals surface area contributed by atoms with Gasteiger partial charge in [-0.05, 0) is 18.6 Å². The van der Waals surface area contributed by atoms with Gasteiger partial charge < -0.3 is 14.9 Å². The van der Waals surface area contributed by atoms with Crippen LogP contribution in [0.15, 0.2) is 24.7 Å². The molecule has 5 heteroatoms. The standard InChI is InChI=1S/C11H15ClN4/c1-8(13)9-3-4-16(6-9)7-11-14-5-10(12)15(11)2/h3-6,8H,7,13H2,1-2H3. The van der Waals surface area contributed by atoms with E-state index < -0.39 is 0 Å². The minimum absolute atomic E-state index is 0.0613. The van der Waals surface area contributed by atoms with Crippen LogP contribution in [0.1, 0.15) is 24.4 Å². The average molecular weight is 239 g/mol. The Labute approximate surface area is 99.6 Å². The molecule has 16 heavy (non-hydrogen) atoms. The molecular formula is C11H15ClN4. The third-order valence-electron chi connectivity index (χ3n) is 2.65. The lowest BCUT2D eigenvalue weighted by Crippen LogP contribution is -2.06. The van der Waals surface area contributed by atoms with Gasteiger partial charge in [0, 0.05) is 25.5 Å². The molecule has 2 aromatic rings. The molecule has 0 aliphatic heterocycles. The lowest BCUT2D eigenvalue weighted by molar-refractivity contribution is 0.698. The molecule has 0 aliphatic rings. The highest BCUT2D eigenvalue weighted by molar-refractivity contribution is 6.29. The normalized spacial score (nSPS) is 13.0. The number of imidazole rings is 1. The second-order valence-electron chi connectivity index (χ2n) is 3.96. The van der Waals surface area contributed by atoms with Gasteiger partial charge in [-0.1, -0.05) is 11.6 Å². The highest BCUT2D eigenvalue weighted by Gasteiger charge is 2.06. The van der Waals surface area contributed by atoms with Crippen molar-refractivity contribution in [3.8, 4) is 0 Å². The molecule has 0 radical (unpaired) electrons. The van der Waals surface area contributed by atoms with Crippen LogP contribution >= 0.6 is 11.6 Å². The molecule has 2 heterocycles. The van der Waals surface area contributed by atoms with Gasteiger partial charge in [0.2, 0.25) is 0 Å². The Morgan fingerprint density at radius 3 is 2.81 bits per heavy atom. The first-order valence-electron chi connectivity index (χ1n) is 5.15. The molecular weight excluding hydrogens is 224 g/mol. The van der Waals surface area contributed by atoms with Gasteiger partial charge in [0.25, 0.3) is 0 Å². The van der Waals surface area contributed by atoms with Crippen molar-refractivity contribution in [2.75, 3.05) is 0 Å². The molecule has 2 aromatic heterocycles. The second-order valence-corrected chi connectivity index (χ2v) is 4.35. The third kappa shape index (κ3) is 2.13. The summed E-state index contributed by atoms with van der Waals surface area (Å²) >= 11 is 5.92. The summed E-state index contributed by atoms with van der Waals surface area (Å²) in [6.45, 7) is 2.67. The van der Waals surface area contributed by atoms with E-state index in [0.717, 1.165) is 11.4 Å². The summed E-state index contributed by atoms with van der Waals surface area (Å²) in [5.74, 6) is 0.928. The van der Waals surface area contributed by atoms with Gasteiger partial charge in [0.15, 0.2) is 0 Å². The van der Waals surface area contributed by atoms with Crippen LogP contribution in [0, 0.1) is 0 Å². The second kappa shape index (κ2) is 4.31. The number of hydrogen-bond acceptors (Lipinski definition) is 2. The molecule has 4 nitrogen and oxygen atoms in total. The largest absolute Gasteiger partial charge is 0.346 e. The smallest absolute Gasteiger partial charge is 0.129 e. The summed E-state index contributed by atoms with van der Waals surface area (Å²) in [7, 11) is 1.90. The van der Waals surface area contributed by atoms with E-state index in [1.165, 1.54) is 0 Å². The fraction of sp³-hybridized carbons (Fsp3) is 0.364. The molecule has 0 aromatic carbocycles. The molecule has 0 saturated carbocycles. The summed E-state index contributed by atoms with van der Waals surface area (Å²) < 4.78 is 3.92. The number of aromatic nitrogens is 3. The van der Waals surface area contributed by atoms with Crippen molar-refractivity contribution in [3.05, 3.63) is 41.2 Å². The minimum atomic E-state index is 0.0613. The van der Waals surface area contributed by atoms with E-state index in [4.69, 9.17) is 17.3 Å². The van der Waals surface area contributed by atoms with E-state index in [9.17, 15) is 0 Å². The lowest BCUT2D eigenvalue weighted by atomic mass is 10.2. The van der Waals surface area contributed by atoms with E-state index >= 15 is 0 Å². The van der Waals surface area contributed by atoms with E-state index in [0.29, 0.717) is 11.7 Å². The Morgan fingerprint density at radius 2 is 2.31 bits per heavy atom. The fourth-order valence-electron chi connectivity index (χ4n) is 1.56. The van der Waals surface area contributed by atoms with Gasteiger partial charge in [-0.2, -0.15) is 0 Å². The molecule has 1 atom stereocenters. The summed E-state index contributed by atoms with van der Waals surface area (Å²) in [6.07, 6.45) is 5.70. The number of hydrogen-bond donors (Lipinski definition) is 1. The van der Waals surface area contributed by atoms with Crippen molar-refractivity contribution in [1.82, 2.24) is 14.1 Å². The van der Waals surface area contributed by atoms with Crippen molar-refractivity contribution in [2.24, 2.45) is 12.8 Å². The molecule has 1 unspecified atom stereocenters. The Hall–Kier alpha value is -1.26. The fourth-order valence-corrected chi connectivity index (χ4v) is 1.71. The minimum Gasteiger partial charge on any atom is -0.346 e. The zero-order valence-corrected chi connectivity index (χ0v) is 10.1. The molecule has 0 fully saturated rings. The number of halogens is 1. The highest BCUT2D eigenvalue weighted by atomic mass is 35.5. The van der Waals surface area contributed by atoms with Crippen molar-refractivity contribution in [2.45, 2.75) is 19.5 Å². The predicted molar refractivity (Wildman–Crippen MR) is 64.4 cm³/mol. The Balaban J connectivity index is 2.17. The van der Waals surface area contributed by atoms with Crippen LogP contribution in [0.5, 0.6) is 0 Å². The molecule has 0 spiro atoms. The molecule has 86 valence electrons. The molecule has 0 saturated heterocycles. The maximum Gasteiger partial charge on any atom is 0.129 e. The van der Waals surface area contributed by atoms with Gasteiger partial charge in [0.05, 0.1) is 12.7 Å². The van der Waals surface area contributed by atoms with Crippen LogP contribution in [0.3, 0.4) is 0 Å². The SMILES string of the molecule is CC(N)c1ccn(Cc2ncc(Cl)n2C)c1. The summed E-state index contributed by atoms with van der Waals surface area (Å²) in [6, 6.07) is 2.08. The Morgan fingerprint density at radius 1 is 1.56 bits per heavy atom. The first kappa shape index (κ1) is 11.2. The molecule has 2 rings (SSSR count). The van der Waals surface area contributed by atoms with Gasteiger partial charge in [0.1, 0.15) is 11.0 Å². The quantitative estimate of drug-likeness (QED) is 0.889. The van der Waals surface area contributed by atoms with Crippen molar-refractivity contribution in [1.29, 1.82) is 0 Å². The molecule has 0 bridgehead atoms.